The molecule has 6 nitrogen and oxygen atoms in total. The minimum atomic E-state index is -0.790. The average Bonchev–Trinajstić information content (AvgIpc) is 3.40. The highest BCUT2D eigenvalue weighted by Gasteiger charge is 2.19. The molecule has 0 aliphatic heterocycles. The van der Waals surface area contributed by atoms with Crippen LogP contribution in [0.4, 0.5) is 0 Å². The molecule has 0 aromatic rings. The van der Waals surface area contributed by atoms with Gasteiger partial charge in [0.1, 0.15) is 13.2 Å². The van der Waals surface area contributed by atoms with Crippen LogP contribution in [0.5, 0.6) is 0 Å². The second-order valence-electron chi connectivity index (χ2n) is 20.6. The van der Waals surface area contributed by atoms with Crippen molar-refractivity contribution in [2.24, 2.45) is 0 Å². The van der Waals surface area contributed by atoms with Crippen LogP contribution in [0.25, 0.3) is 0 Å². The summed E-state index contributed by atoms with van der Waals surface area (Å²) in [5, 5.41) is 0. The van der Waals surface area contributed by atoms with Gasteiger partial charge in [-0.3, -0.25) is 14.4 Å². The summed E-state index contributed by atoms with van der Waals surface area (Å²) in [6.45, 7) is 6.49. The molecular formula is C68H116O6. The standard InChI is InChI=1S/C68H116O6/c1-4-7-10-13-16-19-22-25-27-29-31-33-34-36-37-39-41-43-46-49-52-55-58-61-67(70)73-64-65(63-72-66(69)60-57-54-51-48-45-24-21-18-15-12-9-6-3)74-68(71)62-59-56-53-50-47-44-42-40-38-35-32-30-28-26-23-20-17-14-11-8-5-2/h7,10,16,18-19,21,23,25-27,30-33,36-37,65H,4-6,8-9,11-15,17,20,22,24,28-29,34-35,38-64H2,1-3H3/b10-7-,19-16-,21-18-,26-23-,27-25-,32-30-,33-31-,37-36-. The van der Waals surface area contributed by atoms with E-state index in [2.05, 4.69) is 118 Å². The van der Waals surface area contributed by atoms with Gasteiger partial charge in [0, 0.05) is 19.3 Å². The zero-order valence-electron chi connectivity index (χ0n) is 48.6. The number of hydrogen-bond donors (Lipinski definition) is 0. The van der Waals surface area contributed by atoms with Crippen LogP contribution in [-0.4, -0.2) is 37.2 Å². The summed E-state index contributed by atoms with van der Waals surface area (Å²) in [5.41, 5.74) is 0. The largest absolute Gasteiger partial charge is 0.462 e. The number of esters is 3. The number of carbonyl (C=O) groups excluding carboxylic acids is 3. The molecule has 6 heteroatoms. The Morgan fingerprint density at radius 3 is 0.865 bits per heavy atom. The van der Waals surface area contributed by atoms with Crippen LogP contribution >= 0.6 is 0 Å². The second kappa shape index (κ2) is 61.9. The first-order valence-electron chi connectivity index (χ1n) is 31.2. The van der Waals surface area contributed by atoms with Crippen molar-refractivity contribution in [3.63, 3.8) is 0 Å². The van der Waals surface area contributed by atoms with Crippen LogP contribution in [0.3, 0.4) is 0 Å². The fourth-order valence-corrected chi connectivity index (χ4v) is 8.61. The summed E-state index contributed by atoms with van der Waals surface area (Å²) in [6, 6.07) is 0. The molecule has 0 radical (unpaired) electrons. The lowest BCUT2D eigenvalue weighted by Gasteiger charge is -2.18. The Kier molecular flexibility index (Phi) is 58.8. The Bertz CT molecular complexity index is 1460. The summed E-state index contributed by atoms with van der Waals surface area (Å²) in [7, 11) is 0. The maximum Gasteiger partial charge on any atom is 0.306 e. The summed E-state index contributed by atoms with van der Waals surface area (Å²) >= 11 is 0. The topological polar surface area (TPSA) is 78.9 Å². The lowest BCUT2D eigenvalue weighted by atomic mass is 10.1. The van der Waals surface area contributed by atoms with Gasteiger partial charge < -0.3 is 14.2 Å². The van der Waals surface area contributed by atoms with Gasteiger partial charge in [-0.05, 0) is 122 Å². The van der Waals surface area contributed by atoms with E-state index in [1.165, 1.54) is 148 Å². The fraction of sp³-hybridized carbons (Fsp3) is 0.721. The fourth-order valence-electron chi connectivity index (χ4n) is 8.61. The molecule has 0 heterocycles. The molecule has 0 saturated carbocycles. The molecule has 1 unspecified atom stereocenters. The smallest absolute Gasteiger partial charge is 0.306 e. The first-order chi connectivity index (χ1) is 36.5. The minimum Gasteiger partial charge on any atom is -0.462 e. The molecular weight excluding hydrogens is 913 g/mol. The molecule has 0 aromatic heterocycles. The van der Waals surface area contributed by atoms with E-state index in [1.54, 1.807) is 0 Å². The van der Waals surface area contributed by atoms with E-state index in [-0.39, 0.29) is 31.1 Å². The monoisotopic (exact) mass is 1030 g/mol. The summed E-state index contributed by atoms with van der Waals surface area (Å²) in [4.78, 5) is 38.3. The Balaban J connectivity index is 4.36. The van der Waals surface area contributed by atoms with Crippen LogP contribution in [0.15, 0.2) is 97.2 Å². The summed E-state index contributed by atoms with van der Waals surface area (Å²) in [5.74, 6) is -0.903. The molecule has 1 atom stereocenters. The van der Waals surface area contributed by atoms with Gasteiger partial charge in [0.25, 0.3) is 0 Å². The van der Waals surface area contributed by atoms with Gasteiger partial charge in [-0.2, -0.15) is 0 Å². The number of allylic oxidation sites excluding steroid dienone is 16. The van der Waals surface area contributed by atoms with Crippen molar-refractivity contribution in [2.45, 2.75) is 303 Å². The molecule has 0 amide bonds. The number of hydrogen-bond acceptors (Lipinski definition) is 6. The highest BCUT2D eigenvalue weighted by Crippen LogP contribution is 2.15. The van der Waals surface area contributed by atoms with Crippen molar-refractivity contribution in [3.8, 4) is 0 Å². The van der Waals surface area contributed by atoms with Crippen molar-refractivity contribution >= 4 is 17.9 Å². The molecule has 0 spiro atoms. The van der Waals surface area contributed by atoms with Gasteiger partial charge in [0.2, 0.25) is 0 Å². The van der Waals surface area contributed by atoms with Crippen LogP contribution < -0.4 is 0 Å². The van der Waals surface area contributed by atoms with E-state index >= 15 is 0 Å². The van der Waals surface area contributed by atoms with Gasteiger partial charge in [-0.25, -0.2) is 0 Å². The van der Waals surface area contributed by atoms with Crippen LogP contribution in [0.1, 0.15) is 297 Å². The molecule has 424 valence electrons. The van der Waals surface area contributed by atoms with Crippen LogP contribution in [0, 0.1) is 0 Å². The molecule has 74 heavy (non-hydrogen) atoms. The van der Waals surface area contributed by atoms with Gasteiger partial charge in [0.15, 0.2) is 6.10 Å². The van der Waals surface area contributed by atoms with Crippen LogP contribution in [0.2, 0.25) is 0 Å². The van der Waals surface area contributed by atoms with Gasteiger partial charge in [-0.15, -0.1) is 0 Å². The predicted octanol–water partition coefficient (Wildman–Crippen LogP) is 21.3. The lowest BCUT2D eigenvalue weighted by molar-refractivity contribution is -0.167. The predicted molar refractivity (Wildman–Crippen MR) is 320 cm³/mol. The van der Waals surface area contributed by atoms with E-state index in [4.69, 9.17) is 14.2 Å². The maximum absolute atomic E-state index is 12.9. The lowest BCUT2D eigenvalue weighted by Crippen LogP contribution is -2.30. The number of ether oxygens (including phenoxy) is 3. The van der Waals surface area contributed by atoms with Crippen LogP contribution in [-0.2, 0) is 28.6 Å². The maximum atomic E-state index is 12.9. The minimum absolute atomic E-state index is 0.0868. The van der Waals surface area contributed by atoms with E-state index in [1.807, 2.05) is 0 Å². The Hall–Kier alpha value is -3.67. The van der Waals surface area contributed by atoms with Crippen molar-refractivity contribution in [2.75, 3.05) is 13.2 Å². The second-order valence-corrected chi connectivity index (χ2v) is 20.6. The Labute approximate surface area is 457 Å². The third-order valence-electron chi connectivity index (χ3n) is 13.3. The van der Waals surface area contributed by atoms with Crippen molar-refractivity contribution in [1.82, 2.24) is 0 Å². The van der Waals surface area contributed by atoms with E-state index < -0.39 is 6.10 Å². The molecule has 0 N–H and O–H groups in total. The first kappa shape index (κ1) is 70.3. The van der Waals surface area contributed by atoms with Crippen molar-refractivity contribution < 1.29 is 28.6 Å². The zero-order chi connectivity index (χ0) is 53.6. The van der Waals surface area contributed by atoms with E-state index in [0.717, 1.165) is 109 Å². The van der Waals surface area contributed by atoms with Crippen molar-refractivity contribution in [1.29, 1.82) is 0 Å². The molecule has 0 saturated heterocycles. The van der Waals surface area contributed by atoms with Gasteiger partial charge in [0.05, 0.1) is 0 Å². The SMILES string of the molecule is CC/C=C\C/C=C\C/C=C\C/C=C\C/C=C\CCCCCCCCCC(=O)OCC(COC(=O)CCCCCCC/C=C\CCCCC)OC(=O)CCCCCCCCCCC/C=C\C/C=C\CCCCCCC. The summed E-state index contributed by atoms with van der Waals surface area (Å²) < 4.78 is 16.9. The summed E-state index contributed by atoms with van der Waals surface area (Å²) in [6.07, 6.45) is 82.6. The Morgan fingerprint density at radius 2 is 0.527 bits per heavy atom. The molecule has 0 fully saturated rings. The number of rotatable bonds is 56. The number of unbranched alkanes of at least 4 members (excludes halogenated alkanes) is 29. The van der Waals surface area contributed by atoms with Gasteiger partial charge in [-0.1, -0.05) is 253 Å². The molecule has 0 aliphatic carbocycles. The zero-order valence-corrected chi connectivity index (χ0v) is 48.6. The molecule has 0 bridgehead atoms. The first-order valence-corrected chi connectivity index (χ1v) is 31.2. The third-order valence-corrected chi connectivity index (χ3v) is 13.3. The molecule has 0 rings (SSSR count). The normalized spacial score (nSPS) is 12.7. The Morgan fingerprint density at radius 1 is 0.284 bits per heavy atom. The van der Waals surface area contributed by atoms with Crippen molar-refractivity contribution in [3.05, 3.63) is 97.2 Å². The third kappa shape index (κ3) is 59.2. The van der Waals surface area contributed by atoms with E-state index in [9.17, 15) is 14.4 Å². The van der Waals surface area contributed by atoms with Gasteiger partial charge >= 0.3 is 17.9 Å². The highest BCUT2D eigenvalue weighted by atomic mass is 16.6. The van der Waals surface area contributed by atoms with E-state index in [0.29, 0.717) is 19.3 Å². The molecule has 0 aliphatic rings. The quantitative estimate of drug-likeness (QED) is 0.0261. The molecule has 0 aromatic carbocycles. The highest BCUT2D eigenvalue weighted by molar-refractivity contribution is 5.71. The number of carbonyl (C=O) groups is 3. The average molecular weight is 1030 g/mol.